The molecule has 0 bridgehead atoms. The van der Waals surface area contributed by atoms with E-state index in [9.17, 15) is 5.11 Å². The summed E-state index contributed by atoms with van der Waals surface area (Å²) in [5.74, 6) is 0.276. The van der Waals surface area contributed by atoms with Gasteiger partial charge in [-0.25, -0.2) is 0 Å². The first kappa shape index (κ1) is 8.12. The van der Waals surface area contributed by atoms with Gasteiger partial charge in [-0.15, -0.1) is 11.3 Å². The van der Waals surface area contributed by atoms with Gasteiger partial charge in [0.05, 0.1) is 7.58 Å². The van der Waals surface area contributed by atoms with Crippen molar-refractivity contribution in [2.45, 2.75) is 0 Å². The van der Waals surface area contributed by atoms with Gasteiger partial charge in [-0.05, 0) is 40.1 Å². The molecule has 2 aromatic rings. The smallest absolute Gasteiger partial charge is 0.135 e. The highest BCUT2D eigenvalue weighted by Gasteiger charge is 2.04. The topological polar surface area (TPSA) is 46.2 Å². The maximum atomic E-state index is 9.49. The van der Waals surface area contributed by atoms with Crippen LogP contribution in [0.4, 0.5) is 5.69 Å². The Hall–Kier alpha value is -0.490. The van der Waals surface area contributed by atoms with Gasteiger partial charge in [0, 0.05) is 11.8 Å². The number of benzene rings is 1. The van der Waals surface area contributed by atoms with Crippen LogP contribution in [0.3, 0.4) is 0 Å². The number of halogens is 1. The standard InChI is InChI=1S/C8H6INOS/c9-7-2-4-1-5(10)3-6(11)8(4)12-7/h1-3,11H,10H2. The minimum Gasteiger partial charge on any atom is -0.506 e. The quantitative estimate of drug-likeness (QED) is 0.579. The van der Waals surface area contributed by atoms with E-state index in [2.05, 4.69) is 22.6 Å². The van der Waals surface area contributed by atoms with Crippen molar-refractivity contribution in [2.75, 3.05) is 5.73 Å². The van der Waals surface area contributed by atoms with E-state index in [1.807, 2.05) is 12.1 Å². The number of hydrogen-bond donors (Lipinski definition) is 2. The monoisotopic (exact) mass is 291 g/mol. The molecule has 0 aliphatic carbocycles. The second-order valence-electron chi connectivity index (χ2n) is 2.51. The van der Waals surface area contributed by atoms with Crippen molar-refractivity contribution < 1.29 is 5.11 Å². The number of hydrogen-bond acceptors (Lipinski definition) is 3. The van der Waals surface area contributed by atoms with Crippen LogP contribution in [0.2, 0.25) is 0 Å². The lowest BCUT2D eigenvalue weighted by molar-refractivity contribution is 0.483. The molecule has 1 aromatic heterocycles. The van der Waals surface area contributed by atoms with E-state index in [4.69, 9.17) is 5.73 Å². The molecule has 0 atom stereocenters. The molecule has 0 saturated carbocycles. The molecule has 3 N–H and O–H groups in total. The van der Waals surface area contributed by atoms with E-state index < -0.39 is 0 Å². The Labute approximate surface area is 87.1 Å². The molecule has 0 unspecified atom stereocenters. The number of aromatic hydroxyl groups is 1. The van der Waals surface area contributed by atoms with E-state index in [0.29, 0.717) is 5.69 Å². The third-order valence-electron chi connectivity index (χ3n) is 1.59. The molecule has 0 radical (unpaired) electrons. The number of phenolic OH excluding ortho intramolecular Hbond substituents is 1. The number of phenols is 1. The Morgan fingerprint density at radius 1 is 1.33 bits per heavy atom. The number of nitrogen functional groups attached to an aromatic ring is 1. The van der Waals surface area contributed by atoms with Crippen molar-refractivity contribution in [3.05, 3.63) is 21.1 Å². The molecular weight excluding hydrogens is 285 g/mol. The highest BCUT2D eigenvalue weighted by Crippen LogP contribution is 2.35. The Kier molecular flexibility index (Phi) is 1.88. The van der Waals surface area contributed by atoms with Gasteiger partial charge in [0.25, 0.3) is 0 Å². The first-order valence-electron chi connectivity index (χ1n) is 3.34. The van der Waals surface area contributed by atoms with Crippen LogP contribution in [-0.4, -0.2) is 5.11 Å². The van der Waals surface area contributed by atoms with Crippen molar-refractivity contribution in [3.8, 4) is 5.75 Å². The summed E-state index contributed by atoms with van der Waals surface area (Å²) in [6.45, 7) is 0. The zero-order valence-electron chi connectivity index (χ0n) is 6.04. The van der Waals surface area contributed by atoms with Crippen molar-refractivity contribution in [1.82, 2.24) is 0 Å². The van der Waals surface area contributed by atoms with Crippen LogP contribution in [0, 0.1) is 2.88 Å². The van der Waals surface area contributed by atoms with Crippen molar-refractivity contribution in [1.29, 1.82) is 0 Å². The van der Waals surface area contributed by atoms with Gasteiger partial charge >= 0.3 is 0 Å². The number of fused-ring (bicyclic) bond motifs is 1. The Bertz CT molecular complexity index is 438. The highest BCUT2D eigenvalue weighted by atomic mass is 127. The summed E-state index contributed by atoms with van der Waals surface area (Å²) in [5.41, 5.74) is 6.18. The summed E-state index contributed by atoms with van der Waals surface area (Å²) >= 11 is 3.80. The fourth-order valence-corrected chi connectivity index (χ4v) is 2.90. The molecule has 62 valence electrons. The SMILES string of the molecule is Nc1cc(O)c2sc(I)cc2c1. The molecule has 0 spiro atoms. The van der Waals surface area contributed by atoms with Gasteiger partial charge in [-0.1, -0.05) is 0 Å². The molecular formula is C8H6INOS. The fraction of sp³-hybridized carbons (Fsp3) is 0. The zero-order valence-corrected chi connectivity index (χ0v) is 9.02. The molecule has 1 aromatic carbocycles. The summed E-state index contributed by atoms with van der Waals surface area (Å²) < 4.78 is 2.07. The van der Waals surface area contributed by atoms with Gasteiger partial charge in [0.2, 0.25) is 0 Å². The van der Waals surface area contributed by atoms with Gasteiger partial charge < -0.3 is 10.8 Å². The van der Waals surface area contributed by atoms with Crippen molar-refractivity contribution in [2.24, 2.45) is 0 Å². The van der Waals surface area contributed by atoms with E-state index in [0.717, 1.165) is 13.0 Å². The molecule has 0 fully saturated rings. The molecule has 2 nitrogen and oxygen atoms in total. The Balaban J connectivity index is 2.88. The molecule has 1 heterocycles. The largest absolute Gasteiger partial charge is 0.506 e. The molecule has 2 rings (SSSR count). The van der Waals surface area contributed by atoms with E-state index in [1.165, 1.54) is 0 Å². The van der Waals surface area contributed by atoms with Crippen LogP contribution < -0.4 is 5.73 Å². The second kappa shape index (κ2) is 2.77. The lowest BCUT2D eigenvalue weighted by Gasteiger charge is -1.95. The van der Waals surface area contributed by atoms with E-state index in [-0.39, 0.29) is 5.75 Å². The molecule has 0 saturated heterocycles. The van der Waals surface area contributed by atoms with Gasteiger partial charge in [-0.2, -0.15) is 0 Å². The summed E-state index contributed by atoms with van der Waals surface area (Å²) in [5, 5.41) is 10.5. The van der Waals surface area contributed by atoms with E-state index in [1.54, 1.807) is 17.4 Å². The van der Waals surface area contributed by atoms with Crippen LogP contribution in [0.15, 0.2) is 18.2 Å². The molecule has 0 aliphatic rings. The van der Waals surface area contributed by atoms with Crippen LogP contribution >= 0.6 is 33.9 Å². The van der Waals surface area contributed by atoms with Gasteiger partial charge in [-0.3, -0.25) is 0 Å². The minimum atomic E-state index is 0.276. The number of thiophene rings is 1. The molecule has 4 heteroatoms. The predicted octanol–water partition coefficient (Wildman–Crippen LogP) is 2.79. The lowest BCUT2D eigenvalue weighted by atomic mass is 10.2. The summed E-state index contributed by atoms with van der Waals surface area (Å²) in [6.07, 6.45) is 0. The first-order chi connectivity index (χ1) is 5.66. The molecule has 12 heavy (non-hydrogen) atoms. The van der Waals surface area contributed by atoms with Crippen molar-refractivity contribution >= 4 is 49.7 Å². The molecule has 0 amide bonds. The first-order valence-corrected chi connectivity index (χ1v) is 5.24. The van der Waals surface area contributed by atoms with Crippen LogP contribution in [0.25, 0.3) is 10.1 Å². The third kappa shape index (κ3) is 1.25. The number of rotatable bonds is 0. The van der Waals surface area contributed by atoms with E-state index >= 15 is 0 Å². The van der Waals surface area contributed by atoms with Crippen LogP contribution in [0.5, 0.6) is 5.75 Å². The van der Waals surface area contributed by atoms with Crippen LogP contribution in [0.1, 0.15) is 0 Å². The molecule has 0 aliphatic heterocycles. The maximum absolute atomic E-state index is 9.49. The highest BCUT2D eigenvalue weighted by molar-refractivity contribution is 14.1. The number of nitrogens with two attached hydrogens (primary N) is 1. The second-order valence-corrected chi connectivity index (χ2v) is 5.46. The normalized spacial score (nSPS) is 10.8. The van der Waals surface area contributed by atoms with Gasteiger partial charge in [0.15, 0.2) is 0 Å². The summed E-state index contributed by atoms with van der Waals surface area (Å²) in [4.78, 5) is 0. The average Bonchev–Trinajstić information content (AvgIpc) is 2.29. The third-order valence-corrected chi connectivity index (χ3v) is 3.52. The summed E-state index contributed by atoms with van der Waals surface area (Å²) in [6, 6.07) is 5.46. The number of anilines is 1. The predicted molar refractivity (Wildman–Crippen MR) is 60.6 cm³/mol. The Morgan fingerprint density at radius 2 is 2.08 bits per heavy atom. The zero-order chi connectivity index (χ0) is 8.72. The Morgan fingerprint density at radius 3 is 2.83 bits per heavy atom. The van der Waals surface area contributed by atoms with Crippen molar-refractivity contribution in [3.63, 3.8) is 0 Å². The minimum absolute atomic E-state index is 0.276. The fourth-order valence-electron chi connectivity index (χ4n) is 1.13. The average molecular weight is 291 g/mol. The van der Waals surface area contributed by atoms with Crippen LogP contribution in [-0.2, 0) is 0 Å². The summed E-state index contributed by atoms with van der Waals surface area (Å²) in [7, 11) is 0. The lowest BCUT2D eigenvalue weighted by Crippen LogP contribution is -1.82. The van der Waals surface area contributed by atoms with Gasteiger partial charge in [0.1, 0.15) is 5.75 Å². The maximum Gasteiger partial charge on any atom is 0.135 e.